The predicted molar refractivity (Wildman–Crippen MR) is 113 cm³/mol. The summed E-state index contributed by atoms with van der Waals surface area (Å²) >= 11 is 3.59. The number of nitrogens with zero attached hydrogens (tertiary/aromatic N) is 3. The van der Waals surface area contributed by atoms with E-state index in [0.29, 0.717) is 11.5 Å². The van der Waals surface area contributed by atoms with E-state index in [2.05, 4.69) is 45.6 Å². The number of unbranched alkanes of at least 4 members (excludes halogenated alkanes) is 2. The molecule has 5 nitrogen and oxygen atoms in total. The summed E-state index contributed by atoms with van der Waals surface area (Å²) in [5.74, 6) is 1.32. The summed E-state index contributed by atoms with van der Waals surface area (Å²) in [4.78, 5) is 9.90. The Morgan fingerprint density at radius 3 is 2.33 bits per heavy atom. The minimum absolute atomic E-state index is 0.659. The van der Waals surface area contributed by atoms with Gasteiger partial charge in [-0.05, 0) is 24.6 Å². The molecule has 6 heteroatoms. The molecule has 0 amide bonds. The highest BCUT2D eigenvalue weighted by Gasteiger charge is 2.16. The summed E-state index contributed by atoms with van der Waals surface area (Å²) in [7, 11) is 3.27. The van der Waals surface area contributed by atoms with Crippen molar-refractivity contribution in [1.29, 1.82) is 0 Å². The van der Waals surface area contributed by atoms with E-state index < -0.39 is 0 Å². The molecule has 0 saturated heterocycles. The van der Waals surface area contributed by atoms with Gasteiger partial charge in [0, 0.05) is 28.5 Å². The Hall–Kier alpha value is -2.34. The van der Waals surface area contributed by atoms with Gasteiger partial charge in [0.25, 0.3) is 0 Å². The Bertz CT molecular complexity index is 1140. The molecule has 2 heterocycles. The topological polar surface area (TPSA) is 49.2 Å². The van der Waals surface area contributed by atoms with Crippen LogP contribution in [0, 0.1) is 0 Å². The van der Waals surface area contributed by atoms with Crippen LogP contribution in [0.2, 0.25) is 0 Å². The van der Waals surface area contributed by atoms with Crippen LogP contribution in [-0.2, 0) is 6.54 Å². The summed E-state index contributed by atoms with van der Waals surface area (Å²) in [6, 6.07) is 10.1. The highest BCUT2D eigenvalue weighted by molar-refractivity contribution is 9.10. The first kappa shape index (κ1) is 18.0. The lowest BCUT2D eigenvalue weighted by Gasteiger charge is -2.09. The molecule has 140 valence electrons. The number of ether oxygens (including phenoxy) is 2. The Labute approximate surface area is 166 Å². The molecule has 0 N–H and O–H groups in total. The molecule has 0 aliphatic rings. The average Bonchev–Trinajstić information content (AvgIpc) is 2.97. The third-order valence-corrected chi connectivity index (χ3v) is 5.39. The zero-order chi connectivity index (χ0) is 19.0. The molecule has 2 aromatic carbocycles. The second kappa shape index (κ2) is 7.35. The van der Waals surface area contributed by atoms with E-state index in [1.165, 1.54) is 18.4 Å². The van der Waals surface area contributed by atoms with Crippen LogP contribution in [0.4, 0.5) is 0 Å². The van der Waals surface area contributed by atoms with Crippen molar-refractivity contribution >= 4 is 49.0 Å². The van der Waals surface area contributed by atoms with Gasteiger partial charge >= 0.3 is 0 Å². The van der Waals surface area contributed by atoms with Gasteiger partial charge in [-0.15, -0.1) is 0 Å². The van der Waals surface area contributed by atoms with Crippen LogP contribution in [0.25, 0.3) is 33.1 Å². The van der Waals surface area contributed by atoms with Crippen LogP contribution in [0.15, 0.2) is 34.8 Å². The summed E-state index contributed by atoms with van der Waals surface area (Å²) in [6.45, 7) is 3.15. The lowest BCUT2D eigenvalue weighted by atomic mass is 10.2. The van der Waals surface area contributed by atoms with Crippen molar-refractivity contribution in [2.24, 2.45) is 0 Å². The minimum Gasteiger partial charge on any atom is -0.493 e. The minimum atomic E-state index is 0.659. The van der Waals surface area contributed by atoms with E-state index in [4.69, 9.17) is 19.4 Å². The van der Waals surface area contributed by atoms with Gasteiger partial charge in [-0.3, -0.25) is 0 Å². The van der Waals surface area contributed by atoms with E-state index in [1.807, 2.05) is 12.1 Å². The van der Waals surface area contributed by atoms with Crippen molar-refractivity contribution in [3.8, 4) is 11.5 Å². The Morgan fingerprint density at radius 1 is 0.963 bits per heavy atom. The molecule has 0 unspecified atom stereocenters. The van der Waals surface area contributed by atoms with Crippen LogP contribution < -0.4 is 9.47 Å². The number of halogens is 1. The number of benzene rings is 2. The highest BCUT2D eigenvalue weighted by atomic mass is 79.9. The maximum absolute atomic E-state index is 5.43. The number of fused-ring (bicyclic) bond motifs is 4. The lowest BCUT2D eigenvalue weighted by Crippen LogP contribution is -2.00. The van der Waals surface area contributed by atoms with Crippen LogP contribution in [0.5, 0.6) is 11.5 Å². The maximum atomic E-state index is 5.43. The number of aromatic nitrogens is 3. The molecule has 0 saturated carbocycles. The molecule has 0 aliphatic heterocycles. The van der Waals surface area contributed by atoms with Gasteiger partial charge in [-0.1, -0.05) is 35.7 Å². The summed E-state index contributed by atoms with van der Waals surface area (Å²) < 4.78 is 14.2. The number of hydrogen-bond donors (Lipinski definition) is 0. The molecule has 0 radical (unpaired) electrons. The maximum Gasteiger partial charge on any atom is 0.163 e. The van der Waals surface area contributed by atoms with Gasteiger partial charge < -0.3 is 14.0 Å². The van der Waals surface area contributed by atoms with Crippen LogP contribution >= 0.6 is 15.9 Å². The smallest absolute Gasteiger partial charge is 0.163 e. The second-order valence-electron chi connectivity index (χ2n) is 6.61. The van der Waals surface area contributed by atoms with Crippen molar-refractivity contribution in [2.75, 3.05) is 14.2 Å². The molecular weight excluding hydrogens is 406 g/mol. The summed E-state index contributed by atoms with van der Waals surface area (Å²) in [6.07, 6.45) is 3.51. The van der Waals surface area contributed by atoms with Gasteiger partial charge in [-0.25, -0.2) is 9.97 Å². The molecular formula is C21H22BrN3O2. The first-order valence-corrected chi connectivity index (χ1v) is 9.96. The zero-order valence-electron chi connectivity index (χ0n) is 15.8. The average molecular weight is 428 g/mol. The standard InChI is InChI=1S/C21H22BrN3O2/c1-4-5-6-9-25-17-8-7-13(22)10-14(17)20-21(25)24-16-12-19(27-3)18(26-2)11-15(16)23-20/h7-8,10-12H,4-6,9H2,1-3H3. The molecule has 27 heavy (non-hydrogen) atoms. The van der Waals surface area contributed by atoms with Crippen LogP contribution in [0.3, 0.4) is 0 Å². The first-order chi connectivity index (χ1) is 13.2. The number of hydrogen-bond acceptors (Lipinski definition) is 4. The van der Waals surface area contributed by atoms with E-state index in [0.717, 1.165) is 45.0 Å². The third kappa shape index (κ3) is 3.12. The fraction of sp³-hybridized carbons (Fsp3) is 0.333. The van der Waals surface area contributed by atoms with E-state index >= 15 is 0 Å². The zero-order valence-corrected chi connectivity index (χ0v) is 17.3. The normalized spacial score (nSPS) is 11.6. The van der Waals surface area contributed by atoms with Crippen LogP contribution in [-0.4, -0.2) is 28.8 Å². The fourth-order valence-electron chi connectivity index (χ4n) is 3.54. The Balaban J connectivity index is 2.02. The lowest BCUT2D eigenvalue weighted by molar-refractivity contribution is 0.355. The molecule has 4 rings (SSSR count). The number of aryl methyl sites for hydroxylation is 1. The van der Waals surface area contributed by atoms with E-state index in [1.54, 1.807) is 14.2 Å². The Morgan fingerprint density at radius 2 is 1.67 bits per heavy atom. The Kier molecular flexibility index (Phi) is 4.91. The van der Waals surface area contributed by atoms with Crippen molar-refractivity contribution in [1.82, 2.24) is 14.5 Å². The van der Waals surface area contributed by atoms with Gasteiger partial charge in [0.2, 0.25) is 0 Å². The largest absolute Gasteiger partial charge is 0.493 e. The molecule has 2 aromatic heterocycles. The quantitative estimate of drug-likeness (QED) is 0.369. The van der Waals surface area contributed by atoms with Crippen molar-refractivity contribution in [2.45, 2.75) is 32.7 Å². The van der Waals surface area contributed by atoms with Crippen molar-refractivity contribution in [3.63, 3.8) is 0 Å². The molecule has 0 atom stereocenters. The number of methoxy groups -OCH3 is 2. The van der Waals surface area contributed by atoms with Gasteiger partial charge in [0.05, 0.1) is 30.8 Å². The van der Waals surface area contributed by atoms with Gasteiger partial charge in [0.15, 0.2) is 17.1 Å². The van der Waals surface area contributed by atoms with Gasteiger partial charge in [-0.2, -0.15) is 0 Å². The first-order valence-electron chi connectivity index (χ1n) is 9.17. The highest BCUT2D eigenvalue weighted by Crippen LogP contribution is 2.34. The molecule has 0 aliphatic carbocycles. The predicted octanol–water partition coefficient (Wildman–Crippen LogP) is 5.71. The second-order valence-corrected chi connectivity index (χ2v) is 7.53. The van der Waals surface area contributed by atoms with E-state index in [-0.39, 0.29) is 0 Å². The number of rotatable bonds is 6. The molecule has 0 fully saturated rings. The summed E-state index contributed by atoms with van der Waals surface area (Å²) in [5, 5.41) is 1.11. The molecule has 0 spiro atoms. The van der Waals surface area contributed by atoms with Crippen molar-refractivity contribution in [3.05, 3.63) is 34.8 Å². The van der Waals surface area contributed by atoms with Crippen molar-refractivity contribution < 1.29 is 9.47 Å². The van der Waals surface area contributed by atoms with E-state index in [9.17, 15) is 0 Å². The fourth-order valence-corrected chi connectivity index (χ4v) is 3.90. The SMILES string of the molecule is CCCCCn1c2ccc(Br)cc2c2nc3cc(OC)c(OC)cc3nc21. The molecule has 4 aromatic rings. The monoisotopic (exact) mass is 427 g/mol. The van der Waals surface area contributed by atoms with Crippen LogP contribution in [0.1, 0.15) is 26.2 Å². The van der Waals surface area contributed by atoms with Gasteiger partial charge in [0.1, 0.15) is 5.52 Å². The molecule has 0 bridgehead atoms. The third-order valence-electron chi connectivity index (χ3n) is 4.90. The summed E-state index contributed by atoms with van der Waals surface area (Å²) in [5.41, 5.74) is 4.60.